The fourth-order valence-electron chi connectivity index (χ4n) is 1.73. The first-order valence-corrected chi connectivity index (χ1v) is 6.23. The van der Waals surface area contributed by atoms with E-state index in [2.05, 4.69) is 5.32 Å². The van der Waals surface area contributed by atoms with Crippen molar-refractivity contribution in [3.63, 3.8) is 0 Å². The van der Waals surface area contributed by atoms with E-state index >= 15 is 0 Å². The van der Waals surface area contributed by atoms with Crippen molar-refractivity contribution in [3.05, 3.63) is 39.9 Å². The number of nitro groups is 1. The molecule has 104 valence electrons. The Morgan fingerprint density at radius 3 is 2.74 bits per heavy atom. The number of nitrogens with zero attached hydrogens (tertiary/aromatic N) is 2. The summed E-state index contributed by atoms with van der Waals surface area (Å²) in [5.74, 6) is -0.0286. The van der Waals surface area contributed by atoms with Crippen LogP contribution in [0.2, 0.25) is 0 Å². The Morgan fingerprint density at radius 1 is 1.42 bits per heavy atom. The maximum atomic E-state index is 11.8. The van der Waals surface area contributed by atoms with E-state index in [0.29, 0.717) is 18.5 Å². The van der Waals surface area contributed by atoms with E-state index < -0.39 is 4.92 Å². The predicted molar refractivity (Wildman–Crippen MR) is 72.7 cm³/mol. The third-order valence-electron chi connectivity index (χ3n) is 2.79. The first-order chi connectivity index (χ1) is 9.06. The van der Waals surface area contributed by atoms with Gasteiger partial charge in [0.05, 0.1) is 11.5 Å². The van der Waals surface area contributed by atoms with Gasteiger partial charge in [0.2, 0.25) is 5.91 Å². The Morgan fingerprint density at radius 2 is 2.11 bits per heavy atom. The first kappa shape index (κ1) is 15.1. The normalized spacial score (nSPS) is 10.2. The van der Waals surface area contributed by atoms with Gasteiger partial charge in [0.15, 0.2) is 0 Å². The van der Waals surface area contributed by atoms with Crippen LogP contribution < -0.4 is 5.32 Å². The number of para-hydroxylation sites is 1. The minimum Gasteiger partial charge on any atom is -0.341 e. The van der Waals surface area contributed by atoms with E-state index in [0.717, 1.165) is 6.54 Å². The van der Waals surface area contributed by atoms with Crippen LogP contribution in [0.15, 0.2) is 24.3 Å². The smallest absolute Gasteiger partial charge is 0.274 e. The van der Waals surface area contributed by atoms with Crippen LogP contribution in [0.25, 0.3) is 0 Å². The van der Waals surface area contributed by atoms with Crippen LogP contribution in [0.4, 0.5) is 5.69 Å². The predicted octanol–water partition coefficient (Wildman–Crippen LogP) is 1.55. The van der Waals surface area contributed by atoms with Crippen molar-refractivity contribution in [2.45, 2.75) is 19.9 Å². The molecule has 0 heterocycles. The van der Waals surface area contributed by atoms with Crippen LogP contribution in [0.3, 0.4) is 0 Å². The number of benzene rings is 1. The third kappa shape index (κ3) is 4.67. The molecule has 0 atom stereocenters. The summed E-state index contributed by atoms with van der Waals surface area (Å²) >= 11 is 0. The molecule has 19 heavy (non-hydrogen) atoms. The molecule has 0 aliphatic heterocycles. The maximum absolute atomic E-state index is 11.8. The van der Waals surface area contributed by atoms with Gasteiger partial charge in [-0.2, -0.15) is 0 Å². The Labute approximate surface area is 112 Å². The van der Waals surface area contributed by atoms with E-state index in [4.69, 9.17) is 0 Å². The Balaban J connectivity index is 2.63. The topological polar surface area (TPSA) is 75.5 Å². The molecule has 0 unspecified atom stereocenters. The molecule has 1 N–H and O–H groups in total. The molecule has 1 rings (SSSR count). The van der Waals surface area contributed by atoms with E-state index in [-0.39, 0.29) is 18.1 Å². The molecule has 0 aliphatic carbocycles. The highest BCUT2D eigenvalue weighted by molar-refractivity contribution is 5.76. The van der Waals surface area contributed by atoms with Crippen LogP contribution >= 0.6 is 0 Å². The molecule has 1 aromatic rings. The van der Waals surface area contributed by atoms with E-state index in [1.807, 2.05) is 6.92 Å². The monoisotopic (exact) mass is 265 g/mol. The SMILES string of the molecule is CCNCCC(=O)N(C)Cc1ccccc1[N+](=O)[O-]. The molecule has 0 aliphatic rings. The fourth-order valence-corrected chi connectivity index (χ4v) is 1.73. The van der Waals surface area contributed by atoms with Crippen LogP contribution in [-0.2, 0) is 11.3 Å². The molecule has 6 heteroatoms. The van der Waals surface area contributed by atoms with Gasteiger partial charge < -0.3 is 10.2 Å². The highest BCUT2D eigenvalue weighted by Gasteiger charge is 2.16. The number of amides is 1. The standard InChI is InChI=1S/C13H19N3O3/c1-3-14-9-8-13(17)15(2)10-11-6-4-5-7-12(11)16(18)19/h4-7,14H,3,8-10H2,1-2H3. The van der Waals surface area contributed by atoms with Gasteiger partial charge in [-0.3, -0.25) is 14.9 Å². The second-order valence-electron chi connectivity index (χ2n) is 4.24. The fraction of sp³-hybridized carbons (Fsp3) is 0.462. The van der Waals surface area contributed by atoms with Crippen molar-refractivity contribution in [1.29, 1.82) is 0 Å². The molecule has 0 radical (unpaired) electrons. The lowest BCUT2D eigenvalue weighted by Crippen LogP contribution is -2.29. The number of carbonyl (C=O) groups excluding carboxylic acids is 1. The average Bonchev–Trinajstić information content (AvgIpc) is 2.39. The molecule has 1 amide bonds. The number of hydrogen-bond donors (Lipinski definition) is 1. The van der Waals surface area contributed by atoms with Crippen molar-refractivity contribution in [2.24, 2.45) is 0 Å². The van der Waals surface area contributed by atoms with E-state index in [1.54, 1.807) is 25.2 Å². The second kappa shape index (κ2) is 7.48. The minimum absolute atomic E-state index is 0.0286. The van der Waals surface area contributed by atoms with Gasteiger partial charge in [-0.15, -0.1) is 0 Å². The molecular formula is C13H19N3O3. The molecule has 0 spiro atoms. The van der Waals surface area contributed by atoms with E-state index in [9.17, 15) is 14.9 Å². The second-order valence-corrected chi connectivity index (χ2v) is 4.24. The number of nitro benzene ring substituents is 1. The zero-order valence-corrected chi connectivity index (χ0v) is 11.3. The molecule has 6 nitrogen and oxygen atoms in total. The summed E-state index contributed by atoms with van der Waals surface area (Å²) in [4.78, 5) is 23.8. The Hall–Kier alpha value is -1.95. The first-order valence-electron chi connectivity index (χ1n) is 6.23. The lowest BCUT2D eigenvalue weighted by Gasteiger charge is -2.17. The molecule has 0 bridgehead atoms. The Bertz CT molecular complexity index is 449. The number of carbonyl (C=O) groups is 1. The summed E-state index contributed by atoms with van der Waals surface area (Å²) in [6.45, 7) is 3.67. The van der Waals surface area contributed by atoms with E-state index in [1.165, 1.54) is 11.0 Å². The highest BCUT2D eigenvalue weighted by Crippen LogP contribution is 2.19. The van der Waals surface area contributed by atoms with Gasteiger partial charge in [0.25, 0.3) is 5.69 Å². The van der Waals surface area contributed by atoms with Crippen LogP contribution in [0.5, 0.6) is 0 Å². The molecule has 0 saturated carbocycles. The lowest BCUT2D eigenvalue weighted by molar-refractivity contribution is -0.385. The van der Waals surface area contributed by atoms with Crippen molar-refractivity contribution in [2.75, 3.05) is 20.1 Å². The molecule has 0 aromatic heterocycles. The summed E-state index contributed by atoms with van der Waals surface area (Å²) in [6, 6.07) is 6.48. The largest absolute Gasteiger partial charge is 0.341 e. The minimum atomic E-state index is -0.424. The molecule has 0 fully saturated rings. The summed E-state index contributed by atoms with van der Waals surface area (Å²) in [6.07, 6.45) is 0.394. The van der Waals surface area contributed by atoms with Crippen LogP contribution in [-0.4, -0.2) is 35.9 Å². The van der Waals surface area contributed by atoms with Crippen LogP contribution in [0, 0.1) is 10.1 Å². The van der Waals surface area contributed by atoms with Crippen molar-refractivity contribution in [3.8, 4) is 0 Å². The summed E-state index contributed by atoms with van der Waals surface area (Å²) in [5, 5.41) is 13.9. The van der Waals surface area contributed by atoms with Gasteiger partial charge >= 0.3 is 0 Å². The molecule has 0 saturated heterocycles. The average molecular weight is 265 g/mol. The molecular weight excluding hydrogens is 246 g/mol. The van der Waals surface area contributed by atoms with Crippen molar-refractivity contribution in [1.82, 2.24) is 10.2 Å². The number of nitrogens with one attached hydrogen (secondary N) is 1. The van der Waals surface area contributed by atoms with Crippen LogP contribution in [0.1, 0.15) is 18.9 Å². The van der Waals surface area contributed by atoms with Crippen molar-refractivity contribution < 1.29 is 9.72 Å². The van der Waals surface area contributed by atoms with Gasteiger partial charge in [-0.1, -0.05) is 25.1 Å². The third-order valence-corrected chi connectivity index (χ3v) is 2.79. The maximum Gasteiger partial charge on any atom is 0.274 e. The number of hydrogen-bond acceptors (Lipinski definition) is 4. The quantitative estimate of drug-likeness (QED) is 0.461. The van der Waals surface area contributed by atoms with Gasteiger partial charge in [-0.05, 0) is 6.54 Å². The lowest BCUT2D eigenvalue weighted by atomic mass is 10.1. The number of rotatable bonds is 7. The molecule has 1 aromatic carbocycles. The summed E-state index contributed by atoms with van der Waals surface area (Å²) in [5.41, 5.74) is 0.598. The van der Waals surface area contributed by atoms with Gasteiger partial charge in [0, 0.05) is 31.6 Å². The van der Waals surface area contributed by atoms with Crippen molar-refractivity contribution >= 4 is 11.6 Å². The summed E-state index contributed by atoms with van der Waals surface area (Å²) in [7, 11) is 1.66. The zero-order valence-electron chi connectivity index (χ0n) is 11.3. The van der Waals surface area contributed by atoms with Gasteiger partial charge in [0.1, 0.15) is 0 Å². The highest BCUT2D eigenvalue weighted by atomic mass is 16.6. The van der Waals surface area contributed by atoms with Gasteiger partial charge in [-0.25, -0.2) is 0 Å². The Kier molecular flexibility index (Phi) is 5.95. The zero-order chi connectivity index (χ0) is 14.3. The summed E-state index contributed by atoms with van der Waals surface area (Å²) < 4.78 is 0.